The third kappa shape index (κ3) is 2.29. The first-order valence-electron chi connectivity index (χ1n) is 7.98. The van der Waals surface area contributed by atoms with Crippen LogP contribution in [0.3, 0.4) is 0 Å². The molecule has 4 fully saturated rings. The lowest BCUT2D eigenvalue weighted by Gasteiger charge is -2.54. The number of nitrogens with one attached hydrogen (secondary N) is 1. The van der Waals surface area contributed by atoms with Crippen LogP contribution in [-0.4, -0.2) is 22.3 Å². The minimum Gasteiger partial charge on any atom is -0.399 e. The van der Waals surface area contributed by atoms with Crippen molar-refractivity contribution in [1.82, 2.24) is 5.43 Å². The van der Waals surface area contributed by atoms with Crippen LogP contribution in [0.1, 0.15) is 42.5 Å². The summed E-state index contributed by atoms with van der Waals surface area (Å²) in [6.45, 7) is 0. The Labute approximate surface area is 129 Å². The zero-order chi connectivity index (χ0) is 15.3. The van der Waals surface area contributed by atoms with Crippen molar-refractivity contribution in [2.24, 2.45) is 22.9 Å². The predicted octanol–water partition coefficient (Wildman–Crippen LogP) is 1.93. The maximum absolute atomic E-state index is 12.1. The number of nitrogens with two attached hydrogens (primary N) is 1. The highest BCUT2D eigenvalue weighted by molar-refractivity contribution is 5.97. The molecule has 5 rings (SSSR count). The molecule has 0 aliphatic heterocycles. The summed E-state index contributed by atoms with van der Waals surface area (Å²) >= 11 is 0. The van der Waals surface area contributed by atoms with Crippen LogP contribution in [0.5, 0.6) is 0 Å². The van der Waals surface area contributed by atoms with Gasteiger partial charge < -0.3 is 10.8 Å². The third-order valence-electron chi connectivity index (χ3n) is 5.45. The molecule has 1 aromatic rings. The Bertz CT molecular complexity index is 620. The van der Waals surface area contributed by atoms with Gasteiger partial charge in [0.25, 0.3) is 5.91 Å². The third-order valence-corrected chi connectivity index (χ3v) is 5.45. The predicted molar refractivity (Wildman–Crippen MR) is 84.3 cm³/mol. The van der Waals surface area contributed by atoms with E-state index in [2.05, 4.69) is 10.5 Å². The Hall–Kier alpha value is -1.88. The van der Waals surface area contributed by atoms with Crippen molar-refractivity contribution >= 4 is 17.3 Å². The van der Waals surface area contributed by atoms with E-state index in [1.165, 1.54) is 0 Å². The first kappa shape index (κ1) is 13.8. The monoisotopic (exact) mass is 299 g/mol. The highest BCUT2D eigenvalue weighted by Gasteiger charge is 2.53. The van der Waals surface area contributed by atoms with E-state index in [0.29, 0.717) is 29.0 Å². The standard InChI is InChI=1S/C17H21N3O2/c18-14-3-1-11(2-4-14)16(21)20-19-15-12-5-10-6-13(15)9-17(22,7-10)8-12/h1-4,10,12-13,22H,5-9,18H2,(H,20,21). The van der Waals surface area contributed by atoms with E-state index in [1.54, 1.807) is 24.3 Å². The average Bonchev–Trinajstić information content (AvgIpc) is 2.45. The van der Waals surface area contributed by atoms with Crippen LogP contribution >= 0.6 is 0 Å². The number of hydrogen-bond acceptors (Lipinski definition) is 4. The first-order valence-corrected chi connectivity index (χ1v) is 7.98. The fraction of sp³-hybridized carbons (Fsp3) is 0.529. The molecule has 0 radical (unpaired) electrons. The van der Waals surface area contributed by atoms with Gasteiger partial charge in [-0.05, 0) is 62.3 Å². The van der Waals surface area contributed by atoms with Gasteiger partial charge in [-0.1, -0.05) is 0 Å². The van der Waals surface area contributed by atoms with Crippen molar-refractivity contribution in [3.05, 3.63) is 29.8 Å². The minimum atomic E-state index is -0.476. The van der Waals surface area contributed by atoms with Crippen molar-refractivity contribution in [2.75, 3.05) is 5.73 Å². The van der Waals surface area contributed by atoms with Crippen LogP contribution in [-0.2, 0) is 0 Å². The van der Waals surface area contributed by atoms with Gasteiger partial charge in [-0.2, -0.15) is 5.10 Å². The summed E-state index contributed by atoms with van der Waals surface area (Å²) in [6, 6.07) is 6.82. The number of hydrazone groups is 1. The van der Waals surface area contributed by atoms with Gasteiger partial charge in [0.2, 0.25) is 0 Å². The number of rotatable bonds is 2. The Morgan fingerprint density at radius 1 is 1.18 bits per heavy atom. The van der Waals surface area contributed by atoms with Crippen molar-refractivity contribution in [3.8, 4) is 0 Å². The summed E-state index contributed by atoms with van der Waals surface area (Å²) in [5, 5.41) is 15.0. The lowest BCUT2D eigenvalue weighted by molar-refractivity contribution is -0.0825. The number of carbonyl (C=O) groups is 1. The minimum absolute atomic E-state index is 0.208. The molecule has 22 heavy (non-hydrogen) atoms. The molecule has 0 spiro atoms. The summed E-state index contributed by atoms with van der Waals surface area (Å²) in [5.41, 5.74) is 10.1. The number of nitrogen functional groups attached to an aromatic ring is 1. The van der Waals surface area contributed by atoms with Gasteiger partial charge in [0.15, 0.2) is 0 Å². The van der Waals surface area contributed by atoms with E-state index in [4.69, 9.17) is 5.73 Å². The smallest absolute Gasteiger partial charge is 0.271 e. The van der Waals surface area contributed by atoms with Crippen molar-refractivity contribution < 1.29 is 9.90 Å². The zero-order valence-electron chi connectivity index (χ0n) is 12.5. The van der Waals surface area contributed by atoms with Gasteiger partial charge in [-0.25, -0.2) is 5.43 Å². The molecule has 0 aromatic heterocycles. The molecular formula is C17H21N3O2. The fourth-order valence-electron chi connectivity index (χ4n) is 4.72. The zero-order valence-corrected chi connectivity index (χ0v) is 12.5. The number of anilines is 1. The lowest BCUT2D eigenvalue weighted by Crippen LogP contribution is -2.55. The summed E-state index contributed by atoms with van der Waals surface area (Å²) in [4.78, 5) is 12.1. The summed E-state index contributed by atoms with van der Waals surface area (Å²) in [5.74, 6) is 1.10. The topological polar surface area (TPSA) is 87.7 Å². The van der Waals surface area contributed by atoms with E-state index in [-0.39, 0.29) is 5.91 Å². The molecule has 4 saturated carbocycles. The number of nitrogens with zero attached hydrogens (tertiary/aromatic N) is 1. The van der Waals surface area contributed by atoms with Crippen LogP contribution in [0.25, 0.3) is 0 Å². The average molecular weight is 299 g/mol. The Morgan fingerprint density at radius 3 is 2.41 bits per heavy atom. The number of benzene rings is 1. The largest absolute Gasteiger partial charge is 0.399 e. The second-order valence-corrected chi connectivity index (χ2v) is 7.17. The molecule has 4 N–H and O–H groups in total. The number of carbonyl (C=O) groups excluding carboxylic acids is 1. The maximum Gasteiger partial charge on any atom is 0.271 e. The lowest BCUT2D eigenvalue weighted by atomic mass is 9.53. The molecule has 2 atom stereocenters. The summed E-state index contributed by atoms with van der Waals surface area (Å²) < 4.78 is 0. The van der Waals surface area contributed by atoms with E-state index in [9.17, 15) is 9.90 Å². The molecule has 1 aromatic carbocycles. The van der Waals surface area contributed by atoms with Crippen LogP contribution < -0.4 is 11.2 Å². The van der Waals surface area contributed by atoms with E-state index in [0.717, 1.165) is 37.8 Å². The maximum atomic E-state index is 12.1. The molecule has 116 valence electrons. The Balaban J connectivity index is 1.49. The van der Waals surface area contributed by atoms with Gasteiger partial charge in [0.1, 0.15) is 0 Å². The van der Waals surface area contributed by atoms with E-state index < -0.39 is 5.60 Å². The first-order chi connectivity index (χ1) is 10.5. The molecule has 0 saturated heterocycles. The summed E-state index contributed by atoms with van der Waals surface area (Å²) in [7, 11) is 0. The Kier molecular flexibility index (Phi) is 3.01. The summed E-state index contributed by atoms with van der Waals surface area (Å²) in [6.07, 6.45) is 4.77. The van der Waals surface area contributed by atoms with Gasteiger partial charge in [-0.15, -0.1) is 0 Å². The highest BCUT2D eigenvalue weighted by Crippen LogP contribution is 2.54. The molecule has 4 aliphatic rings. The van der Waals surface area contributed by atoms with E-state index in [1.807, 2.05) is 0 Å². The van der Waals surface area contributed by atoms with Gasteiger partial charge in [-0.3, -0.25) is 4.79 Å². The second kappa shape index (κ2) is 4.81. The van der Waals surface area contributed by atoms with Crippen LogP contribution in [0, 0.1) is 17.8 Å². The molecule has 5 nitrogen and oxygen atoms in total. The van der Waals surface area contributed by atoms with Gasteiger partial charge in [0.05, 0.1) is 5.60 Å². The highest BCUT2D eigenvalue weighted by atomic mass is 16.3. The fourth-order valence-corrected chi connectivity index (χ4v) is 4.72. The van der Waals surface area contributed by atoms with Crippen molar-refractivity contribution in [1.29, 1.82) is 0 Å². The SMILES string of the molecule is Nc1ccc(C(=O)NN=C2C3CC4CC2CC(O)(C4)C3)cc1. The van der Waals surface area contributed by atoms with Crippen LogP contribution in [0.2, 0.25) is 0 Å². The normalized spacial score (nSPS) is 35.5. The van der Waals surface area contributed by atoms with Crippen LogP contribution in [0.15, 0.2) is 29.4 Å². The molecule has 2 unspecified atom stereocenters. The second-order valence-electron chi connectivity index (χ2n) is 7.17. The molecule has 4 bridgehead atoms. The molecule has 0 heterocycles. The van der Waals surface area contributed by atoms with E-state index >= 15 is 0 Å². The molecular weight excluding hydrogens is 278 g/mol. The number of amides is 1. The number of hydrogen-bond donors (Lipinski definition) is 3. The molecule has 1 amide bonds. The van der Waals surface area contributed by atoms with Crippen molar-refractivity contribution in [2.45, 2.75) is 37.7 Å². The quantitative estimate of drug-likeness (QED) is 0.576. The van der Waals surface area contributed by atoms with Gasteiger partial charge >= 0.3 is 0 Å². The Morgan fingerprint density at radius 2 is 1.82 bits per heavy atom. The molecule has 4 aliphatic carbocycles. The van der Waals surface area contributed by atoms with Crippen molar-refractivity contribution in [3.63, 3.8) is 0 Å². The van der Waals surface area contributed by atoms with Crippen LogP contribution in [0.4, 0.5) is 5.69 Å². The number of aliphatic hydroxyl groups is 1. The molecule has 5 heteroatoms. The van der Waals surface area contributed by atoms with Gasteiger partial charge in [0, 0.05) is 28.8 Å².